The lowest BCUT2D eigenvalue weighted by Crippen LogP contribution is -2.29. The van der Waals surface area contributed by atoms with Crippen LogP contribution in [-0.2, 0) is 0 Å². The first kappa shape index (κ1) is 19.0. The second-order valence-corrected chi connectivity index (χ2v) is 7.04. The highest BCUT2D eigenvalue weighted by Crippen LogP contribution is 2.31. The van der Waals surface area contributed by atoms with E-state index < -0.39 is 0 Å². The van der Waals surface area contributed by atoms with Crippen molar-refractivity contribution >= 4 is 17.5 Å². The van der Waals surface area contributed by atoms with Gasteiger partial charge < -0.3 is 14.4 Å². The number of aromatic nitrogens is 3. The van der Waals surface area contributed by atoms with Crippen molar-refractivity contribution < 1.29 is 9.32 Å². The van der Waals surface area contributed by atoms with Gasteiger partial charge in [-0.25, -0.2) is 4.98 Å². The average molecular weight is 407 g/mol. The highest BCUT2D eigenvalue weighted by molar-refractivity contribution is 6.33. The summed E-state index contributed by atoms with van der Waals surface area (Å²) >= 11 is 6.29. The third kappa shape index (κ3) is 3.67. The number of imidazole rings is 1. The second kappa shape index (κ2) is 7.93. The Morgan fingerprint density at radius 1 is 1.14 bits per heavy atom. The first-order valence-corrected chi connectivity index (χ1v) is 9.54. The highest BCUT2D eigenvalue weighted by atomic mass is 35.5. The first-order chi connectivity index (χ1) is 14.1. The molecule has 4 rings (SSSR count). The minimum atomic E-state index is -0.342. The first-order valence-electron chi connectivity index (χ1n) is 9.17. The van der Waals surface area contributed by atoms with E-state index in [1.165, 1.54) is 0 Å². The second-order valence-electron chi connectivity index (χ2n) is 6.63. The predicted molar refractivity (Wildman–Crippen MR) is 111 cm³/mol. The van der Waals surface area contributed by atoms with Crippen molar-refractivity contribution in [3.05, 3.63) is 89.2 Å². The molecule has 0 fully saturated rings. The number of nitrogens with zero attached hydrogens (tertiary/aromatic N) is 3. The molecule has 4 aromatic rings. The number of carbonyl (C=O) groups excluding carboxylic acids is 1. The summed E-state index contributed by atoms with van der Waals surface area (Å²) in [5.74, 6) is 0.850. The van der Waals surface area contributed by atoms with Gasteiger partial charge in [0.15, 0.2) is 0 Å². The van der Waals surface area contributed by atoms with Gasteiger partial charge in [0.05, 0.1) is 11.1 Å². The maximum Gasteiger partial charge on any atom is 0.257 e. The smallest absolute Gasteiger partial charge is 0.257 e. The molecular formula is C22H19ClN4O2. The predicted octanol–water partition coefficient (Wildman–Crippen LogP) is 4.98. The molecule has 0 saturated heterocycles. The van der Waals surface area contributed by atoms with E-state index in [1.54, 1.807) is 19.2 Å². The van der Waals surface area contributed by atoms with Crippen molar-refractivity contribution in [3.8, 4) is 16.9 Å². The van der Waals surface area contributed by atoms with Gasteiger partial charge >= 0.3 is 0 Å². The molecule has 0 saturated carbocycles. The Morgan fingerprint density at radius 2 is 1.86 bits per heavy atom. The van der Waals surface area contributed by atoms with E-state index in [2.05, 4.69) is 15.5 Å². The van der Waals surface area contributed by atoms with E-state index in [-0.39, 0.29) is 11.9 Å². The Balaban J connectivity index is 1.63. The molecule has 2 aromatic heterocycles. The summed E-state index contributed by atoms with van der Waals surface area (Å²) in [5, 5.41) is 7.56. The molecule has 6 nitrogen and oxygen atoms in total. The summed E-state index contributed by atoms with van der Waals surface area (Å²) in [6.07, 6.45) is 3.58. The molecule has 1 amide bonds. The Hall–Kier alpha value is -3.38. The summed E-state index contributed by atoms with van der Waals surface area (Å²) in [6, 6.07) is 16.7. The molecule has 2 aromatic carbocycles. The quantitative estimate of drug-likeness (QED) is 0.507. The number of hydrogen-bond donors (Lipinski definition) is 1. The van der Waals surface area contributed by atoms with Crippen LogP contribution in [0.1, 0.15) is 34.9 Å². The maximum absolute atomic E-state index is 13.1. The van der Waals surface area contributed by atoms with Crippen molar-refractivity contribution in [2.75, 3.05) is 0 Å². The number of amides is 1. The summed E-state index contributed by atoms with van der Waals surface area (Å²) in [7, 11) is 0. The van der Waals surface area contributed by atoms with Crippen LogP contribution in [0.25, 0.3) is 16.9 Å². The Kier molecular flexibility index (Phi) is 5.18. The van der Waals surface area contributed by atoms with E-state index in [0.717, 1.165) is 11.5 Å². The number of rotatable bonds is 5. The van der Waals surface area contributed by atoms with Crippen LogP contribution in [-0.4, -0.2) is 20.6 Å². The van der Waals surface area contributed by atoms with Crippen LogP contribution < -0.4 is 5.32 Å². The van der Waals surface area contributed by atoms with Gasteiger partial charge in [-0.1, -0.05) is 53.2 Å². The lowest BCUT2D eigenvalue weighted by Gasteiger charge is -2.16. The summed E-state index contributed by atoms with van der Waals surface area (Å²) in [6.45, 7) is 3.59. The van der Waals surface area contributed by atoms with Crippen molar-refractivity contribution in [1.29, 1.82) is 0 Å². The number of aryl methyl sites for hydroxylation is 1. The fourth-order valence-electron chi connectivity index (χ4n) is 3.25. The zero-order valence-electron chi connectivity index (χ0n) is 16.0. The zero-order chi connectivity index (χ0) is 20.4. The van der Waals surface area contributed by atoms with Gasteiger partial charge in [-0.2, -0.15) is 0 Å². The molecule has 0 aliphatic heterocycles. The number of nitrogens with one attached hydrogen (secondary N) is 1. The fraction of sp³-hybridized carbons (Fsp3) is 0.136. The topological polar surface area (TPSA) is 73.0 Å². The fourth-order valence-corrected chi connectivity index (χ4v) is 3.48. The maximum atomic E-state index is 13.1. The van der Waals surface area contributed by atoms with Crippen molar-refractivity contribution in [1.82, 2.24) is 20.0 Å². The molecular weight excluding hydrogens is 388 g/mol. The zero-order valence-corrected chi connectivity index (χ0v) is 16.7. The molecule has 0 radical (unpaired) electrons. The number of carbonyl (C=O) groups is 1. The lowest BCUT2D eigenvalue weighted by molar-refractivity contribution is 0.0937. The normalized spacial score (nSPS) is 12.0. The van der Waals surface area contributed by atoms with Crippen LogP contribution in [0.15, 0.2) is 71.5 Å². The van der Waals surface area contributed by atoms with Crippen LogP contribution in [0.2, 0.25) is 5.02 Å². The van der Waals surface area contributed by atoms with E-state index in [9.17, 15) is 4.79 Å². The lowest BCUT2D eigenvalue weighted by atomic mass is 10.1. The molecule has 2 heterocycles. The van der Waals surface area contributed by atoms with Crippen molar-refractivity contribution in [3.63, 3.8) is 0 Å². The van der Waals surface area contributed by atoms with E-state index in [0.29, 0.717) is 27.6 Å². The third-order valence-corrected chi connectivity index (χ3v) is 4.99. The Bertz CT molecular complexity index is 1150. The highest BCUT2D eigenvalue weighted by Gasteiger charge is 2.25. The monoisotopic (exact) mass is 406 g/mol. The molecule has 1 atom stereocenters. The molecule has 1 unspecified atom stereocenters. The molecule has 0 aliphatic rings. The standard InChI is InChI=1S/C22H19ClN4O2/c1-14(21-24-12-13-27(21)16-8-4-3-5-9-16)25-22(28)19-15(2)29-26-20(19)17-10-6-7-11-18(17)23/h3-14H,1-2H3,(H,25,28). The van der Waals surface area contributed by atoms with E-state index in [1.807, 2.05) is 66.2 Å². The number of halogens is 1. The summed E-state index contributed by atoms with van der Waals surface area (Å²) in [4.78, 5) is 17.5. The molecule has 0 spiro atoms. The van der Waals surface area contributed by atoms with Crippen molar-refractivity contribution in [2.45, 2.75) is 19.9 Å². The summed E-state index contributed by atoms with van der Waals surface area (Å²) < 4.78 is 7.25. The largest absolute Gasteiger partial charge is 0.360 e. The van der Waals surface area contributed by atoms with Gasteiger partial charge in [0.2, 0.25) is 0 Å². The number of hydrogen-bond acceptors (Lipinski definition) is 4. The number of para-hydroxylation sites is 1. The molecule has 0 aliphatic carbocycles. The Morgan fingerprint density at radius 3 is 2.62 bits per heavy atom. The molecule has 29 heavy (non-hydrogen) atoms. The SMILES string of the molecule is Cc1onc(-c2ccccc2Cl)c1C(=O)NC(C)c1nccn1-c1ccccc1. The van der Waals surface area contributed by atoms with Gasteiger partial charge in [-0.05, 0) is 32.0 Å². The molecule has 7 heteroatoms. The van der Waals surface area contributed by atoms with Crippen LogP contribution in [0.5, 0.6) is 0 Å². The van der Waals surface area contributed by atoms with Gasteiger partial charge in [0.25, 0.3) is 5.91 Å². The minimum absolute atomic E-state index is 0.297. The van der Waals surface area contributed by atoms with Gasteiger partial charge in [0, 0.05) is 23.6 Å². The number of benzene rings is 2. The van der Waals surface area contributed by atoms with Crippen molar-refractivity contribution in [2.24, 2.45) is 0 Å². The molecule has 1 N–H and O–H groups in total. The van der Waals surface area contributed by atoms with E-state index >= 15 is 0 Å². The Labute approximate surface area is 173 Å². The molecule has 0 bridgehead atoms. The third-order valence-electron chi connectivity index (χ3n) is 4.66. The summed E-state index contributed by atoms with van der Waals surface area (Å²) in [5.41, 5.74) is 2.40. The van der Waals surface area contributed by atoms with Crippen LogP contribution in [0.4, 0.5) is 0 Å². The van der Waals surface area contributed by atoms with Crippen LogP contribution in [0, 0.1) is 6.92 Å². The van der Waals surface area contributed by atoms with Gasteiger partial charge in [0.1, 0.15) is 22.8 Å². The van der Waals surface area contributed by atoms with Gasteiger partial charge in [-0.15, -0.1) is 0 Å². The van der Waals surface area contributed by atoms with Crippen LogP contribution in [0.3, 0.4) is 0 Å². The average Bonchev–Trinajstić information content (AvgIpc) is 3.36. The van der Waals surface area contributed by atoms with E-state index in [4.69, 9.17) is 16.1 Å². The minimum Gasteiger partial charge on any atom is -0.360 e. The van der Waals surface area contributed by atoms with Crippen LogP contribution >= 0.6 is 11.6 Å². The molecule has 146 valence electrons. The van der Waals surface area contributed by atoms with Gasteiger partial charge in [-0.3, -0.25) is 4.79 Å².